The third kappa shape index (κ3) is 3.33. The minimum atomic E-state index is 0.123. The summed E-state index contributed by atoms with van der Waals surface area (Å²) in [5.74, 6) is 0. The van der Waals surface area contributed by atoms with Crippen LogP contribution in [0.2, 0.25) is 0 Å². The number of hydrogen-bond acceptors (Lipinski definition) is 1. The summed E-state index contributed by atoms with van der Waals surface area (Å²) in [7, 11) is 0. The zero-order valence-corrected chi connectivity index (χ0v) is 9.14. The van der Waals surface area contributed by atoms with Gasteiger partial charge in [0.2, 0.25) is 0 Å². The Morgan fingerprint density at radius 3 is 2.62 bits per heavy atom. The molecule has 1 heterocycles. The fourth-order valence-electron chi connectivity index (χ4n) is 1.83. The quantitative estimate of drug-likeness (QED) is 0.570. The molecule has 0 radical (unpaired) electrons. The lowest BCUT2D eigenvalue weighted by Gasteiger charge is -2.17. The van der Waals surface area contributed by atoms with E-state index in [2.05, 4.69) is 37.9 Å². The van der Waals surface area contributed by atoms with Crippen LogP contribution in [0.4, 0.5) is 0 Å². The molecule has 1 rings (SSSR count). The van der Waals surface area contributed by atoms with Gasteiger partial charge < -0.3 is 0 Å². The summed E-state index contributed by atoms with van der Waals surface area (Å²) in [5, 5.41) is 0. The molecule has 1 nitrogen and oxygen atoms in total. The van der Waals surface area contributed by atoms with Crippen LogP contribution >= 0.6 is 0 Å². The Morgan fingerprint density at radius 2 is 2.08 bits per heavy atom. The molecule has 0 aromatic heterocycles. The van der Waals surface area contributed by atoms with Crippen molar-refractivity contribution in [2.24, 2.45) is 4.99 Å². The van der Waals surface area contributed by atoms with Gasteiger partial charge in [0.25, 0.3) is 0 Å². The number of rotatable bonds is 5. The van der Waals surface area contributed by atoms with Gasteiger partial charge in [0.15, 0.2) is 0 Å². The van der Waals surface area contributed by atoms with E-state index in [1.54, 1.807) is 0 Å². The summed E-state index contributed by atoms with van der Waals surface area (Å²) in [6.07, 6.45) is 10.9. The summed E-state index contributed by atoms with van der Waals surface area (Å²) < 4.78 is 0. The van der Waals surface area contributed by atoms with Crippen LogP contribution in [0.5, 0.6) is 0 Å². The first-order valence-electron chi connectivity index (χ1n) is 5.42. The lowest BCUT2D eigenvalue weighted by molar-refractivity contribution is 0.497. The molecular weight excluding hydrogens is 158 g/mol. The molecule has 1 atom stereocenters. The maximum atomic E-state index is 4.62. The summed E-state index contributed by atoms with van der Waals surface area (Å²) in [6, 6.07) is 0. The van der Waals surface area contributed by atoms with Gasteiger partial charge in [-0.2, -0.15) is 0 Å². The second kappa shape index (κ2) is 4.59. The van der Waals surface area contributed by atoms with Gasteiger partial charge in [0.1, 0.15) is 0 Å². The fourth-order valence-corrected chi connectivity index (χ4v) is 1.83. The highest BCUT2D eigenvalue weighted by molar-refractivity contribution is 5.95. The van der Waals surface area contributed by atoms with Gasteiger partial charge in [-0.25, -0.2) is 0 Å². The Hall–Kier alpha value is -0.590. The zero-order chi connectivity index (χ0) is 9.73. The van der Waals surface area contributed by atoms with Gasteiger partial charge in [-0.15, -0.1) is 0 Å². The molecular formula is C12H21N. The predicted octanol–water partition coefficient (Wildman–Crippen LogP) is 3.75. The minimum absolute atomic E-state index is 0.123. The normalized spacial score (nSPS) is 26.5. The van der Waals surface area contributed by atoms with Crippen LogP contribution in [0.15, 0.2) is 17.1 Å². The topological polar surface area (TPSA) is 12.4 Å². The van der Waals surface area contributed by atoms with Crippen molar-refractivity contribution in [2.45, 2.75) is 58.4 Å². The Balaban J connectivity index is 2.25. The van der Waals surface area contributed by atoms with E-state index in [4.69, 9.17) is 0 Å². The van der Waals surface area contributed by atoms with Crippen LogP contribution in [0, 0.1) is 0 Å². The average Bonchev–Trinajstić information content (AvgIpc) is 2.41. The van der Waals surface area contributed by atoms with Crippen LogP contribution in [0.25, 0.3) is 0 Å². The van der Waals surface area contributed by atoms with E-state index < -0.39 is 0 Å². The molecule has 1 aliphatic heterocycles. The summed E-state index contributed by atoms with van der Waals surface area (Å²) in [4.78, 5) is 4.62. The maximum Gasteiger partial charge on any atom is 0.0766 e. The first-order valence-corrected chi connectivity index (χ1v) is 5.42. The van der Waals surface area contributed by atoms with E-state index >= 15 is 0 Å². The van der Waals surface area contributed by atoms with Gasteiger partial charge in [-0.05, 0) is 26.3 Å². The standard InChI is InChI=1S/C12H21N/c1-4-5-6-7-9-12(3)10-8-11(2)13-12/h8,10H,4-7,9H2,1-3H3. The number of allylic oxidation sites excluding steroid dienone is 1. The van der Waals surface area contributed by atoms with Gasteiger partial charge >= 0.3 is 0 Å². The van der Waals surface area contributed by atoms with Crippen molar-refractivity contribution in [1.29, 1.82) is 0 Å². The smallest absolute Gasteiger partial charge is 0.0766 e. The molecule has 1 unspecified atom stereocenters. The monoisotopic (exact) mass is 179 g/mol. The Bertz CT molecular complexity index is 215. The Kier molecular flexibility index (Phi) is 3.71. The van der Waals surface area contributed by atoms with Crippen molar-refractivity contribution in [3.05, 3.63) is 12.2 Å². The predicted molar refractivity (Wildman–Crippen MR) is 59.4 cm³/mol. The van der Waals surface area contributed by atoms with Crippen LogP contribution < -0.4 is 0 Å². The average molecular weight is 179 g/mol. The van der Waals surface area contributed by atoms with Crippen LogP contribution in [0.3, 0.4) is 0 Å². The molecule has 13 heavy (non-hydrogen) atoms. The van der Waals surface area contributed by atoms with Gasteiger partial charge in [0.05, 0.1) is 5.54 Å². The number of aliphatic imine (C=N–C) groups is 1. The molecule has 0 aliphatic carbocycles. The van der Waals surface area contributed by atoms with E-state index in [1.165, 1.54) is 37.8 Å². The largest absolute Gasteiger partial charge is 0.280 e. The zero-order valence-electron chi connectivity index (χ0n) is 9.14. The molecule has 0 aromatic carbocycles. The van der Waals surface area contributed by atoms with Gasteiger partial charge in [-0.3, -0.25) is 4.99 Å². The summed E-state index contributed by atoms with van der Waals surface area (Å²) >= 11 is 0. The third-order valence-electron chi connectivity index (χ3n) is 2.65. The van der Waals surface area contributed by atoms with Crippen molar-refractivity contribution >= 4 is 5.71 Å². The van der Waals surface area contributed by atoms with Crippen molar-refractivity contribution in [3.8, 4) is 0 Å². The first-order chi connectivity index (χ1) is 6.16. The van der Waals surface area contributed by atoms with Crippen LogP contribution in [0.1, 0.15) is 52.9 Å². The van der Waals surface area contributed by atoms with Crippen molar-refractivity contribution < 1.29 is 0 Å². The highest BCUT2D eigenvalue weighted by atomic mass is 14.9. The lowest BCUT2D eigenvalue weighted by Crippen LogP contribution is -2.16. The van der Waals surface area contributed by atoms with Crippen molar-refractivity contribution in [1.82, 2.24) is 0 Å². The molecule has 0 bridgehead atoms. The SMILES string of the molecule is CCCCCCC1(C)C=CC(C)=N1. The number of hydrogen-bond donors (Lipinski definition) is 0. The maximum absolute atomic E-state index is 4.62. The van der Waals surface area contributed by atoms with E-state index in [9.17, 15) is 0 Å². The molecule has 1 aliphatic rings. The minimum Gasteiger partial charge on any atom is -0.280 e. The molecule has 1 heteroatoms. The number of unbranched alkanes of at least 4 members (excludes halogenated alkanes) is 3. The van der Waals surface area contributed by atoms with E-state index in [0.29, 0.717) is 0 Å². The molecule has 74 valence electrons. The lowest BCUT2D eigenvalue weighted by atomic mass is 9.96. The molecule has 0 saturated carbocycles. The highest BCUT2D eigenvalue weighted by Gasteiger charge is 2.22. The highest BCUT2D eigenvalue weighted by Crippen LogP contribution is 2.25. The Morgan fingerprint density at radius 1 is 1.31 bits per heavy atom. The van der Waals surface area contributed by atoms with Crippen LogP contribution in [-0.2, 0) is 0 Å². The van der Waals surface area contributed by atoms with Gasteiger partial charge in [-0.1, -0.05) is 38.7 Å². The van der Waals surface area contributed by atoms with Gasteiger partial charge in [0, 0.05) is 5.71 Å². The van der Waals surface area contributed by atoms with Crippen LogP contribution in [-0.4, -0.2) is 11.3 Å². The van der Waals surface area contributed by atoms with Crippen molar-refractivity contribution in [3.63, 3.8) is 0 Å². The van der Waals surface area contributed by atoms with E-state index in [1.807, 2.05) is 0 Å². The van der Waals surface area contributed by atoms with E-state index in [0.717, 1.165) is 0 Å². The fraction of sp³-hybridized carbons (Fsp3) is 0.750. The first kappa shape index (κ1) is 10.5. The second-order valence-corrected chi connectivity index (χ2v) is 4.25. The molecule has 0 N–H and O–H groups in total. The molecule has 0 saturated heterocycles. The third-order valence-corrected chi connectivity index (χ3v) is 2.65. The molecule has 0 aromatic rings. The Labute approximate surface area is 82.0 Å². The molecule has 0 amide bonds. The van der Waals surface area contributed by atoms with Crippen molar-refractivity contribution in [2.75, 3.05) is 0 Å². The molecule has 0 spiro atoms. The number of nitrogens with zero attached hydrogens (tertiary/aromatic N) is 1. The molecule has 0 fully saturated rings. The summed E-state index contributed by atoms with van der Waals surface area (Å²) in [6.45, 7) is 6.55. The van der Waals surface area contributed by atoms with E-state index in [-0.39, 0.29) is 5.54 Å². The summed E-state index contributed by atoms with van der Waals surface area (Å²) in [5.41, 5.74) is 1.30. The second-order valence-electron chi connectivity index (χ2n) is 4.25.